The van der Waals surface area contributed by atoms with Gasteiger partial charge in [-0.25, -0.2) is 16.8 Å². The van der Waals surface area contributed by atoms with Gasteiger partial charge in [-0.15, -0.1) is 0 Å². The molecular formula is C8H20O6S4-2. The van der Waals surface area contributed by atoms with Crippen molar-refractivity contribution in [2.75, 3.05) is 23.0 Å². The standard InChI is InChI=1S/C6H14O6S4.2CH4/c7-15(8,9)5-1-3-13-14-4-2-6-16(10,11)12;;/h1-6H2,(H,7,8,9)(H,10,11,12);2*1H4/p-2. The Hall–Kier alpha value is 0.520. The van der Waals surface area contributed by atoms with Gasteiger partial charge in [-0.05, 0) is 12.8 Å². The average molecular weight is 341 g/mol. The summed E-state index contributed by atoms with van der Waals surface area (Å²) in [7, 11) is -5.55. The van der Waals surface area contributed by atoms with E-state index in [9.17, 15) is 25.9 Å². The minimum atomic E-state index is -4.13. The maximum atomic E-state index is 10.2. The summed E-state index contributed by atoms with van der Waals surface area (Å²) in [4.78, 5) is 0. The first kappa shape index (κ1) is 23.6. The van der Waals surface area contributed by atoms with E-state index in [0.29, 0.717) is 11.5 Å². The molecule has 0 rings (SSSR count). The summed E-state index contributed by atoms with van der Waals surface area (Å²) in [5.41, 5.74) is 0. The predicted octanol–water partition coefficient (Wildman–Crippen LogP) is 1.51. The molecule has 0 aromatic rings. The summed E-state index contributed by atoms with van der Waals surface area (Å²) < 4.78 is 61.2. The first-order chi connectivity index (χ1) is 7.21. The van der Waals surface area contributed by atoms with Crippen molar-refractivity contribution in [2.45, 2.75) is 27.7 Å². The first-order valence-electron chi connectivity index (χ1n) is 4.32. The molecule has 18 heavy (non-hydrogen) atoms. The lowest BCUT2D eigenvalue weighted by atomic mass is 10.6. The van der Waals surface area contributed by atoms with Crippen LogP contribution >= 0.6 is 21.6 Å². The molecule has 0 aliphatic heterocycles. The van der Waals surface area contributed by atoms with Crippen LogP contribution in [0.3, 0.4) is 0 Å². The molecule has 0 aromatic heterocycles. The van der Waals surface area contributed by atoms with Crippen molar-refractivity contribution in [3.63, 3.8) is 0 Å². The van der Waals surface area contributed by atoms with Crippen molar-refractivity contribution in [3.05, 3.63) is 0 Å². The van der Waals surface area contributed by atoms with E-state index in [1.54, 1.807) is 0 Å². The molecule has 0 radical (unpaired) electrons. The normalized spacial score (nSPS) is 11.4. The second-order valence-corrected chi connectivity index (χ2v) is 8.62. The number of hydrogen-bond acceptors (Lipinski definition) is 8. The van der Waals surface area contributed by atoms with Gasteiger partial charge in [0.05, 0.1) is 20.2 Å². The van der Waals surface area contributed by atoms with Crippen LogP contribution in [0.5, 0.6) is 0 Å². The lowest BCUT2D eigenvalue weighted by molar-refractivity contribution is 0.460. The molecule has 0 aliphatic carbocycles. The average Bonchev–Trinajstić information content (AvgIpc) is 2.06. The number of rotatable bonds is 9. The summed E-state index contributed by atoms with van der Waals surface area (Å²) in [5, 5.41) is 0. The van der Waals surface area contributed by atoms with E-state index in [-0.39, 0.29) is 39.2 Å². The van der Waals surface area contributed by atoms with Gasteiger partial charge in [0.15, 0.2) is 0 Å². The zero-order valence-electron chi connectivity index (χ0n) is 8.33. The van der Waals surface area contributed by atoms with Crippen LogP contribution in [0.15, 0.2) is 0 Å². The van der Waals surface area contributed by atoms with E-state index in [4.69, 9.17) is 0 Å². The van der Waals surface area contributed by atoms with E-state index in [1.807, 2.05) is 0 Å². The molecule has 0 amide bonds. The fraction of sp³-hybridized carbons (Fsp3) is 1.00. The van der Waals surface area contributed by atoms with E-state index in [0.717, 1.165) is 0 Å². The van der Waals surface area contributed by atoms with Crippen LogP contribution in [-0.4, -0.2) is 49.0 Å². The lowest BCUT2D eigenvalue weighted by Gasteiger charge is -2.06. The monoisotopic (exact) mass is 340 g/mol. The SMILES string of the molecule is C.C.O=S(=O)([O-])CCCSSCCCS(=O)(=O)[O-]. The van der Waals surface area contributed by atoms with Crippen molar-refractivity contribution in [3.8, 4) is 0 Å². The van der Waals surface area contributed by atoms with Crippen LogP contribution in [0.4, 0.5) is 0 Å². The summed E-state index contributed by atoms with van der Waals surface area (Å²) in [6.07, 6.45) is 0.562. The Morgan fingerprint density at radius 3 is 1.22 bits per heavy atom. The molecule has 0 saturated heterocycles. The Morgan fingerprint density at radius 2 is 1.00 bits per heavy atom. The van der Waals surface area contributed by atoms with Gasteiger partial charge in [-0.1, -0.05) is 36.4 Å². The molecule has 6 nitrogen and oxygen atoms in total. The van der Waals surface area contributed by atoms with Gasteiger partial charge in [-0.2, -0.15) is 0 Å². The molecule has 114 valence electrons. The molecule has 0 atom stereocenters. The molecule has 0 N–H and O–H groups in total. The quantitative estimate of drug-likeness (QED) is 0.352. The zero-order chi connectivity index (χ0) is 12.7. The Bertz CT molecular complexity index is 336. The Kier molecular flexibility index (Phi) is 14.9. The Labute approximate surface area is 118 Å². The summed E-state index contributed by atoms with van der Waals surface area (Å²) in [5.74, 6) is 0.261. The maximum absolute atomic E-state index is 10.2. The smallest absolute Gasteiger partial charge is 0.0946 e. The van der Waals surface area contributed by atoms with Gasteiger partial charge < -0.3 is 9.11 Å². The predicted molar refractivity (Wildman–Crippen MR) is 76.7 cm³/mol. The van der Waals surface area contributed by atoms with Crippen molar-refractivity contribution in [2.24, 2.45) is 0 Å². The maximum Gasteiger partial charge on any atom is 0.0946 e. The fourth-order valence-corrected chi connectivity index (χ4v) is 4.24. The molecule has 0 spiro atoms. The molecule has 0 fully saturated rings. The van der Waals surface area contributed by atoms with Crippen molar-refractivity contribution >= 4 is 41.8 Å². The van der Waals surface area contributed by atoms with E-state index in [2.05, 4.69) is 0 Å². The highest BCUT2D eigenvalue weighted by Crippen LogP contribution is 2.22. The third-order valence-corrected chi connectivity index (χ3v) is 5.48. The molecule has 0 saturated carbocycles. The van der Waals surface area contributed by atoms with Crippen LogP contribution in [0.25, 0.3) is 0 Å². The largest absolute Gasteiger partial charge is 0.748 e. The topological polar surface area (TPSA) is 114 Å². The molecule has 0 aliphatic rings. The number of hydrogen-bond donors (Lipinski definition) is 0. The van der Waals surface area contributed by atoms with Gasteiger partial charge >= 0.3 is 0 Å². The molecule has 0 unspecified atom stereocenters. The Morgan fingerprint density at radius 1 is 0.722 bits per heavy atom. The first-order valence-corrected chi connectivity index (χ1v) is 9.96. The lowest BCUT2D eigenvalue weighted by Crippen LogP contribution is -2.05. The zero-order valence-corrected chi connectivity index (χ0v) is 11.6. The van der Waals surface area contributed by atoms with Gasteiger partial charge in [-0.3, -0.25) is 0 Å². The highest BCUT2D eigenvalue weighted by Gasteiger charge is 1.98. The van der Waals surface area contributed by atoms with E-state index in [1.165, 1.54) is 21.6 Å². The van der Waals surface area contributed by atoms with Crippen molar-refractivity contribution in [1.82, 2.24) is 0 Å². The molecule has 0 aromatic carbocycles. The highest BCUT2D eigenvalue weighted by atomic mass is 33.1. The minimum Gasteiger partial charge on any atom is -0.748 e. The second-order valence-electron chi connectivity index (χ2n) is 2.87. The minimum absolute atomic E-state index is 0. The highest BCUT2D eigenvalue weighted by molar-refractivity contribution is 8.76. The van der Waals surface area contributed by atoms with Gasteiger partial charge in [0.2, 0.25) is 0 Å². The Balaban J connectivity index is -0.00000112. The summed E-state index contributed by atoms with van der Waals surface area (Å²) >= 11 is 0. The van der Waals surface area contributed by atoms with Crippen LogP contribution in [0.2, 0.25) is 0 Å². The molecule has 0 heterocycles. The molecular weight excluding hydrogens is 320 g/mol. The van der Waals surface area contributed by atoms with Crippen molar-refractivity contribution < 1.29 is 25.9 Å². The van der Waals surface area contributed by atoms with Gasteiger partial charge in [0.25, 0.3) is 0 Å². The second kappa shape index (κ2) is 11.4. The van der Waals surface area contributed by atoms with Crippen LogP contribution < -0.4 is 0 Å². The fourth-order valence-electron chi connectivity index (χ4n) is 0.707. The van der Waals surface area contributed by atoms with Crippen molar-refractivity contribution in [1.29, 1.82) is 0 Å². The van der Waals surface area contributed by atoms with Gasteiger partial charge in [0.1, 0.15) is 0 Å². The van der Waals surface area contributed by atoms with Gasteiger partial charge in [0, 0.05) is 23.0 Å². The van der Waals surface area contributed by atoms with E-state index < -0.39 is 20.2 Å². The third kappa shape index (κ3) is 21.8. The third-order valence-electron chi connectivity index (χ3n) is 1.33. The van der Waals surface area contributed by atoms with Crippen LogP contribution in [0, 0.1) is 0 Å². The summed E-state index contributed by atoms with van der Waals surface area (Å²) in [6, 6.07) is 0. The molecule has 0 bridgehead atoms. The van der Waals surface area contributed by atoms with Crippen LogP contribution in [-0.2, 0) is 20.2 Å². The summed E-state index contributed by atoms with van der Waals surface area (Å²) in [6.45, 7) is 0. The van der Waals surface area contributed by atoms with Crippen LogP contribution in [0.1, 0.15) is 27.7 Å². The van der Waals surface area contributed by atoms with E-state index >= 15 is 0 Å². The molecule has 10 heteroatoms.